The molecule has 0 aromatic heterocycles. The van der Waals surface area contributed by atoms with Crippen LogP contribution in [0.4, 0.5) is 4.79 Å². The van der Waals surface area contributed by atoms with Gasteiger partial charge >= 0.3 is 12.0 Å². The van der Waals surface area contributed by atoms with Gasteiger partial charge in [0.25, 0.3) is 0 Å². The number of carboxylic acid groups (broad SMARTS) is 1. The smallest absolute Gasteiger partial charge is 0.339 e. The number of aromatic carboxylic acids is 1. The Hall–Kier alpha value is -2.08. The zero-order valence-electron chi connectivity index (χ0n) is 8.93. The highest BCUT2D eigenvalue weighted by molar-refractivity contribution is 5.87. The van der Waals surface area contributed by atoms with Crippen molar-refractivity contribution < 1.29 is 19.9 Å². The van der Waals surface area contributed by atoms with Crippen LogP contribution in [0.5, 0.6) is 0 Å². The Labute approximate surface area is 97.2 Å². The second kappa shape index (κ2) is 4.06. The number of benzene rings is 1. The summed E-state index contributed by atoms with van der Waals surface area (Å²) >= 11 is 0. The quantitative estimate of drug-likeness (QED) is 0.466. The van der Waals surface area contributed by atoms with E-state index in [1.165, 1.54) is 17.6 Å². The first kappa shape index (κ1) is 11.4. The highest BCUT2D eigenvalue weighted by Crippen LogP contribution is 2.45. The van der Waals surface area contributed by atoms with Crippen LogP contribution in [0.1, 0.15) is 28.8 Å². The van der Waals surface area contributed by atoms with Crippen LogP contribution >= 0.6 is 0 Å². The molecule has 0 saturated heterocycles. The first-order valence-electron chi connectivity index (χ1n) is 5.13. The average molecular weight is 236 g/mol. The van der Waals surface area contributed by atoms with Gasteiger partial charge in [-0.3, -0.25) is 5.21 Å². The van der Waals surface area contributed by atoms with E-state index in [4.69, 9.17) is 10.3 Å². The van der Waals surface area contributed by atoms with Gasteiger partial charge in [-0.15, -0.1) is 0 Å². The van der Waals surface area contributed by atoms with Crippen molar-refractivity contribution in [3.63, 3.8) is 0 Å². The van der Waals surface area contributed by atoms with E-state index in [-0.39, 0.29) is 5.56 Å². The number of carbonyl (C=O) groups excluding carboxylic acids is 1. The summed E-state index contributed by atoms with van der Waals surface area (Å²) in [7, 11) is 0. The van der Waals surface area contributed by atoms with E-state index in [9.17, 15) is 9.59 Å². The molecule has 6 nitrogen and oxygen atoms in total. The predicted molar refractivity (Wildman–Crippen MR) is 57.8 cm³/mol. The Morgan fingerprint density at radius 2 is 1.76 bits per heavy atom. The van der Waals surface area contributed by atoms with Crippen molar-refractivity contribution >= 4 is 12.0 Å². The standard InChI is InChI=1S/C11H12N2O4/c14-9(15)7-1-3-8(4-2-7)11(5-6-11)12-10(16)13-17/h1-4,17H,5-6H2,(H,14,15)(H2,12,13,16). The lowest BCUT2D eigenvalue weighted by Crippen LogP contribution is -2.40. The second-order valence-electron chi connectivity index (χ2n) is 4.03. The van der Waals surface area contributed by atoms with Crippen LogP contribution in [-0.2, 0) is 5.54 Å². The molecular weight excluding hydrogens is 224 g/mol. The van der Waals surface area contributed by atoms with Gasteiger partial charge in [0.15, 0.2) is 0 Å². The fraction of sp³-hybridized carbons (Fsp3) is 0.273. The number of carboxylic acids is 1. The van der Waals surface area contributed by atoms with Crippen LogP contribution in [0.2, 0.25) is 0 Å². The summed E-state index contributed by atoms with van der Waals surface area (Å²) in [4.78, 5) is 21.7. The molecule has 4 N–H and O–H groups in total. The lowest BCUT2D eigenvalue weighted by Gasteiger charge is -2.17. The zero-order chi connectivity index (χ0) is 12.5. The minimum atomic E-state index is -0.984. The van der Waals surface area contributed by atoms with Crippen LogP contribution in [0, 0.1) is 0 Å². The average Bonchev–Trinajstić information content (AvgIpc) is 3.10. The Morgan fingerprint density at radius 1 is 1.18 bits per heavy atom. The summed E-state index contributed by atoms with van der Waals surface area (Å²) in [6, 6.07) is 5.68. The molecule has 1 saturated carbocycles. The summed E-state index contributed by atoms with van der Waals surface area (Å²) in [5, 5.41) is 19.8. The van der Waals surface area contributed by atoms with Gasteiger partial charge in [-0.05, 0) is 30.5 Å². The number of hydrogen-bond acceptors (Lipinski definition) is 3. The maximum absolute atomic E-state index is 11.0. The molecular formula is C11H12N2O4. The van der Waals surface area contributed by atoms with Crippen molar-refractivity contribution in [2.75, 3.05) is 0 Å². The topological polar surface area (TPSA) is 98.7 Å². The summed E-state index contributed by atoms with van der Waals surface area (Å²) in [6.45, 7) is 0. The fourth-order valence-electron chi connectivity index (χ4n) is 1.79. The van der Waals surface area contributed by atoms with Crippen molar-refractivity contribution in [1.29, 1.82) is 0 Å². The van der Waals surface area contributed by atoms with Gasteiger partial charge in [-0.25, -0.2) is 15.1 Å². The highest BCUT2D eigenvalue weighted by atomic mass is 16.5. The molecule has 90 valence electrons. The largest absolute Gasteiger partial charge is 0.478 e. The van der Waals surface area contributed by atoms with Gasteiger partial charge in [-0.2, -0.15) is 0 Å². The number of hydrogen-bond donors (Lipinski definition) is 4. The molecule has 0 aliphatic heterocycles. The van der Waals surface area contributed by atoms with E-state index in [0.29, 0.717) is 0 Å². The molecule has 2 amide bonds. The van der Waals surface area contributed by atoms with E-state index < -0.39 is 17.5 Å². The number of hydroxylamine groups is 1. The summed E-state index contributed by atoms with van der Waals surface area (Å²) in [6.07, 6.45) is 1.54. The Morgan fingerprint density at radius 3 is 2.18 bits per heavy atom. The van der Waals surface area contributed by atoms with Crippen LogP contribution in [0.15, 0.2) is 24.3 Å². The van der Waals surface area contributed by atoms with Gasteiger partial charge in [0.05, 0.1) is 11.1 Å². The summed E-state index contributed by atoms with van der Waals surface area (Å²) in [5.41, 5.74) is 2.09. The lowest BCUT2D eigenvalue weighted by molar-refractivity contribution is 0.0697. The van der Waals surface area contributed by atoms with Crippen molar-refractivity contribution in [3.05, 3.63) is 35.4 Å². The van der Waals surface area contributed by atoms with Gasteiger partial charge in [0.2, 0.25) is 0 Å². The number of nitrogens with one attached hydrogen (secondary N) is 2. The third kappa shape index (κ3) is 2.21. The molecule has 0 atom stereocenters. The van der Waals surface area contributed by atoms with Gasteiger partial charge in [-0.1, -0.05) is 12.1 Å². The minimum Gasteiger partial charge on any atom is -0.478 e. The molecule has 0 heterocycles. The van der Waals surface area contributed by atoms with Crippen molar-refractivity contribution in [2.45, 2.75) is 18.4 Å². The van der Waals surface area contributed by atoms with Crippen molar-refractivity contribution in [1.82, 2.24) is 10.8 Å². The number of urea groups is 1. The lowest BCUT2D eigenvalue weighted by atomic mass is 10.0. The molecule has 0 spiro atoms. The van der Waals surface area contributed by atoms with E-state index in [0.717, 1.165) is 18.4 Å². The Balaban J connectivity index is 2.17. The van der Waals surface area contributed by atoms with E-state index >= 15 is 0 Å². The number of carbonyl (C=O) groups is 2. The van der Waals surface area contributed by atoms with Crippen LogP contribution in [-0.4, -0.2) is 22.3 Å². The van der Waals surface area contributed by atoms with Crippen LogP contribution in [0.25, 0.3) is 0 Å². The van der Waals surface area contributed by atoms with E-state index in [1.54, 1.807) is 12.1 Å². The van der Waals surface area contributed by atoms with Crippen LogP contribution < -0.4 is 10.8 Å². The number of amides is 2. The maximum atomic E-state index is 11.0. The third-order valence-electron chi connectivity index (χ3n) is 2.89. The highest BCUT2D eigenvalue weighted by Gasteiger charge is 2.45. The minimum absolute atomic E-state index is 0.205. The fourth-order valence-corrected chi connectivity index (χ4v) is 1.79. The summed E-state index contributed by atoms with van der Waals surface area (Å²) in [5.74, 6) is -0.984. The second-order valence-corrected chi connectivity index (χ2v) is 4.03. The van der Waals surface area contributed by atoms with Gasteiger partial charge < -0.3 is 10.4 Å². The van der Waals surface area contributed by atoms with Gasteiger partial charge in [0.1, 0.15) is 0 Å². The monoisotopic (exact) mass is 236 g/mol. The Bertz CT molecular complexity index is 451. The zero-order valence-corrected chi connectivity index (χ0v) is 8.93. The van der Waals surface area contributed by atoms with Crippen molar-refractivity contribution in [3.8, 4) is 0 Å². The first-order chi connectivity index (χ1) is 8.07. The molecule has 1 aliphatic carbocycles. The molecule has 1 aromatic carbocycles. The molecule has 0 radical (unpaired) electrons. The SMILES string of the molecule is O=C(NO)NC1(c2ccc(C(=O)O)cc2)CC1. The molecule has 1 aromatic rings. The van der Waals surface area contributed by atoms with Crippen molar-refractivity contribution in [2.24, 2.45) is 0 Å². The molecule has 6 heteroatoms. The normalized spacial score (nSPS) is 16.1. The Kier molecular flexibility index (Phi) is 2.72. The third-order valence-corrected chi connectivity index (χ3v) is 2.89. The number of rotatable bonds is 3. The molecule has 0 bridgehead atoms. The van der Waals surface area contributed by atoms with E-state index in [1.807, 2.05) is 0 Å². The summed E-state index contributed by atoms with van der Waals surface area (Å²) < 4.78 is 0. The molecule has 0 unspecified atom stereocenters. The van der Waals surface area contributed by atoms with E-state index in [2.05, 4.69) is 5.32 Å². The van der Waals surface area contributed by atoms with Gasteiger partial charge in [0, 0.05) is 0 Å². The van der Waals surface area contributed by atoms with Crippen LogP contribution in [0.3, 0.4) is 0 Å². The molecule has 2 rings (SSSR count). The molecule has 1 aliphatic rings. The maximum Gasteiger partial charge on any atom is 0.339 e. The molecule has 17 heavy (non-hydrogen) atoms. The molecule has 1 fully saturated rings. The first-order valence-corrected chi connectivity index (χ1v) is 5.13. The predicted octanol–water partition coefficient (Wildman–Crippen LogP) is 1.06.